The molecule has 6 heteroatoms. The number of carbonyl (C=O) groups excluding carboxylic acids is 2. The Hall–Kier alpha value is -1.85. The van der Waals surface area contributed by atoms with Crippen LogP contribution in [0.1, 0.15) is 0 Å². The minimum absolute atomic E-state index is 0.539. The molecule has 0 saturated carbocycles. The molecule has 0 aliphatic carbocycles. The third kappa shape index (κ3) is 0.936. The van der Waals surface area contributed by atoms with Crippen molar-refractivity contribution in [2.24, 2.45) is 5.73 Å². The van der Waals surface area contributed by atoms with Gasteiger partial charge in [-0.15, -0.1) is 0 Å². The predicted octanol–water partition coefficient (Wildman–Crippen LogP) is -2.06. The Bertz CT molecular complexity index is 291. The van der Waals surface area contributed by atoms with Crippen molar-refractivity contribution >= 4 is 17.8 Å². The van der Waals surface area contributed by atoms with Crippen molar-refractivity contribution in [2.75, 3.05) is 0 Å². The number of imide groups is 1. The van der Waals surface area contributed by atoms with Crippen LogP contribution in [-0.4, -0.2) is 22.9 Å². The van der Waals surface area contributed by atoms with Crippen LogP contribution in [0.15, 0.2) is 11.3 Å². The molecule has 0 unspecified atom stereocenters. The first-order valence-corrected chi connectivity index (χ1v) is 2.62. The van der Waals surface area contributed by atoms with Crippen LogP contribution < -0.4 is 11.1 Å². The van der Waals surface area contributed by atoms with Crippen molar-refractivity contribution in [3.8, 4) is 0 Å². The second kappa shape index (κ2) is 2.08. The molecule has 1 rings (SSSR count). The summed E-state index contributed by atoms with van der Waals surface area (Å²) in [6.07, 6.45) is 0. The monoisotopic (exact) mass is 156 g/mol. The number of hydrogen-bond acceptors (Lipinski definition) is 4. The number of carbonyl (C=O) groups is 3. The van der Waals surface area contributed by atoms with Gasteiger partial charge in [-0.2, -0.15) is 0 Å². The Morgan fingerprint density at radius 3 is 2.09 bits per heavy atom. The average Bonchev–Trinajstić information content (AvgIpc) is 2.07. The van der Waals surface area contributed by atoms with Gasteiger partial charge in [0.25, 0.3) is 11.8 Å². The highest BCUT2D eigenvalue weighted by Gasteiger charge is 2.32. The average molecular weight is 156 g/mol. The Morgan fingerprint density at radius 1 is 1.36 bits per heavy atom. The fourth-order valence-corrected chi connectivity index (χ4v) is 0.681. The molecule has 0 atom stereocenters. The minimum Gasteiger partial charge on any atom is -0.477 e. The van der Waals surface area contributed by atoms with Gasteiger partial charge in [-0.1, -0.05) is 0 Å². The predicted molar refractivity (Wildman–Crippen MR) is 32.0 cm³/mol. The van der Waals surface area contributed by atoms with Crippen LogP contribution in [0.5, 0.6) is 0 Å². The quantitative estimate of drug-likeness (QED) is 0.298. The lowest BCUT2D eigenvalue weighted by atomic mass is 10.2. The van der Waals surface area contributed by atoms with E-state index in [1.165, 1.54) is 0 Å². The van der Waals surface area contributed by atoms with E-state index in [2.05, 4.69) is 0 Å². The number of amides is 2. The van der Waals surface area contributed by atoms with E-state index in [4.69, 9.17) is 10.8 Å². The molecule has 1 aliphatic rings. The van der Waals surface area contributed by atoms with Crippen molar-refractivity contribution in [3.05, 3.63) is 11.3 Å². The first kappa shape index (κ1) is 7.26. The molecule has 58 valence electrons. The minimum atomic E-state index is -1.49. The number of aliphatic carboxylic acids is 1. The van der Waals surface area contributed by atoms with Gasteiger partial charge in [0.05, 0.1) is 0 Å². The Labute approximate surface area is 60.7 Å². The van der Waals surface area contributed by atoms with Gasteiger partial charge in [-0.25, -0.2) is 4.79 Å². The molecule has 2 amide bonds. The maximum atomic E-state index is 10.6. The highest BCUT2D eigenvalue weighted by molar-refractivity contribution is 6.29. The molecule has 11 heavy (non-hydrogen) atoms. The second-order valence-electron chi connectivity index (χ2n) is 1.88. The third-order valence-corrected chi connectivity index (χ3v) is 1.18. The van der Waals surface area contributed by atoms with E-state index in [1.807, 2.05) is 0 Å². The molecule has 0 bridgehead atoms. The molecular formula is C5H4N2O4. The topological polar surface area (TPSA) is 109 Å². The Morgan fingerprint density at radius 2 is 1.91 bits per heavy atom. The molecule has 0 saturated heterocycles. The highest BCUT2D eigenvalue weighted by Crippen LogP contribution is 2.06. The van der Waals surface area contributed by atoms with E-state index in [1.54, 1.807) is 5.32 Å². The number of hydrogen-bond donors (Lipinski definition) is 3. The first-order valence-electron chi connectivity index (χ1n) is 2.62. The van der Waals surface area contributed by atoms with Crippen LogP contribution >= 0.6 is 0 Å². The number of nitrogens with one attached hydrogen (secondary N) is 1. The van der Waals surface area contributed by atoms with Crippen LogP contribution in [0.4, 0.5) is 0 Å². The zero-order valence-electron chi connectivity index (χ0n) is 5.25. The lowest BCUT2D eigenvalue weighted by Crippen LogP contribution is -2.25. The molecule has 4 N–H and O–H groups in total. The van der Waals surface area contributed by atoms with Gasteiger partial charge in [-0.05, 0) is 0 Å². The molecule has 6 nitrogen and oxygen atoms in total. The molecule has 0 spiro atoms. The van der Waals surface area contributed by atoms with E-state index in [0.29, 0.717) is 0 Å². The molecule has 0 aromatic rings. The van der Waals surface area contributed by atoms with E-state index in [9.17, 15) is 14.4 Å². The number of carboxylic acid groups (broad SMARTS) is 1. The largest absolute Gasteiger partial charge is 0.477 e. The van der Waals surface area contributed by atoms with E-state index in [-0.39, 0.29) is 0 Å². The van der Waals surface area contributed by atoms with Gasteiger partial charge in [0.2, 0.25) is 0 Å². The summed E-state index contributed by atoms with van der Waals surface area (Å²) in [7, 11) is 0. The molecule has 0 fully saturated rings. The van der Waals surface area contributed by atoms with Gasteiger partial charge in [0, 0.05) is 0 Å². The Kier molecular flexibility index (Phi) is 1.37. The summed E-state index contributed by atoms with van der Waals surface area (Å²) >= 11 is 0. The molecule has 1 heterocycles. The van der Waals surface area contributed by atoms with Crippen LogP contribution in [-0.2, 0) is 14.4 Å². The molecule has 0 radical (unpaired) electrons. The van der Waals surface area contributed by atoms with Gasteiger partial charge in [0.1, 0.15) is 5.70 Å². The van der Waals surface area contributed by atoms with Gasteiger partial charge < -0.3 is 10.8 Å². The standard InChI is InChI=1S/C5H4N2O4/c6-2-1(5(10)11)3(8)7-4(2)9/h(H,10,11)(H3,6,7,8,9). The first-order chi connectivity index (χ1) is 5.04. The number of nitrogens with two attached hydrogens (primary N) is 1. The zero-order chi connectivity index (χ0) is 8.59. The van der Waals surface area contributed by atoms with Crippen molar-refractivity contribution in [1.82, 2.24) is 5.32 Å². The van der Waals surface area contributed by atoms with Gasteiger partial charge in [-0.3, -0.25) is 14.9 Å². The molecule has 0 aromatic heterocycles. The fraction of sp³-hybridized carbons (Fsp3) is 0. The normalized spacial score (nSPS) is 17.1. The summed E-state index contributed by atoms with van der Waals surface area (Å²) in [6, 6.07) is 0. The van der Waals surface area contributed by atoms with Crippen LogP contribution in [0.25, 0.3) is 0 Å². The summed E-state index contributed by atoms with van der Waals surface area (Å²) in [5.74, 6) is -3.31. The number of carboxylic acids is 1. The third-order valence-electron chi connectivity index (χ3n) is 1.18. The lowest BCUT2D eigenvalue weighted by molar-refractivity contribution is -0.134. The summed E-state index contributed by atoms with van der Waals surface area (Å²) in [4.78, 5) is 31.3. The van der Waals surface area contributed by atoms with Gasteiger partial charge >= 0.3 is 5.97 Å². The second-order valence-corrected chi connectivity index (χ2v) is 1.88. The fourth-order valence-electron chi connectivity index (χ4n) is 0.681. The number of rotatable bonds is 1. The van der Waals surface area contributed by atoms with E-state index >= 15 is 0 Å². The summed E-state index contributed by atoms with van der Waals surface area (Å²) in [6.45, 7) is 0. The Balaban J connectivity index is 3.17. The van der Waals surface area contributed by atoms with Crippen LogP contribution in [0, 0.1) is 0 Å². The smallest absolute Gasteiger partial charge is 0.343 e. The van der Waals surface area contributed by atoms with Crippen molar-refractivity contribution in [3.63, 3.8) is 0 Å². The van der Waals surface area contributed by atoms with E-state index < -0.39 is 29.1 Å². The molecule has 1 aliphatic heterocycles. The summed E-state index contributed by atoms with van der Waals surface area (Å²) < 4.78 is 0. The summed E-state index contributed by atoms with van der Waals surface area (Å²) in [5, 5.41) is 10.1. The van der Waals surface area contributed by atoms with Gasteiger partial charge in [0.15, 0.2) is 5.57 Å². The molecule has 0 aromatic carbocycles. The zero-order valence-corrected chi connectivity index (χ0v) is 5.25. The van der Waals surface area contributed by atoms with Crippen LogP contribution in [0.3, 0.4) is 0 Å². The SMILES string of the molecule is NC1=C(C(=O)O)C(=O)NC1=O. The highest BCUT2D eigenvalue weighted by atomic mass is 16.4. The maximum absolute atomic E-state index is 10.6. The van der Waals surface area contributed by atoms with Crippen molar-refractivity contribution < 1.29 is 19.5 Å². The maximum Gasteiger partial charge on any atom is 0.343 e. The molecular weight excluding hydrogens is 152 g/mol. The lowest BCUT2D eigenvalue weighted by Gasteiger charge is -1.88. The van der Waals surface area contributed by atoms with Crippen molar-refractivity contribution in [1.29, 1.82) is 0 Å². The summed E-state index contributed by atoms with van der Waals surface area (Å²) in [5.41, 5.74) is 3.76. The van der Waals surface area contributed by atoms with Crippen LogP contribution in [0.2, 0.25) is 0 Å². The van der Waals surface area contributed by atoms with E-state index in [0.717, 1.165) is 0 Å². The van der Waals surface area contributed by atoms with Crippen molar-refractivity contribution in [2.45, 2.75) is 0 Å².